The molecule has 23 heavy (non-hydrogen) atoms. The smallest absolute Gasteiger partial charge is 0.191 e. The Morgan fingerprint density at radius 3 is 2.83 bits per heavy atom. The lowest BCUT2D eigenvalue weighted by atomic mass is 10.2. The zero-order valence-electron chi connectivity index (χ0n) is 14.6. The average molecular weight is 331 g/mol. The summed E-state index contributed by atoms with van der Waals surface area (Å²) in [5, 5.41) is 6.46. The number of ether oxygens (including phenoxy) is 4. The van der Waals surface area contributed by atoms with Crippen molar-refractivity contribution in [3.05, 3.63) is 0 Å². The summed E-state index contributed by atoms with van der Waals surface area (Å²) in [4.78, 5) is 4.52. The molecule has 1 rings (SSSR count). The molecule has 1 saturated heterocycles. The standard InChI is InChI=1S/C16H33N3O4/c1-3-17-16(19-8-11-21-13-12-20-2)18-7-5-9-22-14-15-6-4-10-23-15/h15H,3-14H2,1-2H3,(H2,17,18,19). The molecule has 0 aliphatic carbocycles. The van der Waals surface area contributed by atoms with Crippen molar-refractivity contribution in [2.45, 2.75) is 32.3 Å². The molecule has 0 aromatic rings. The number of guanidine groups is 1. The van der Waals surface area contributed by atoms with E-state index in [-0.39, 0.29) is 0 Å². The third kappa shape index (κ3) is 11.3. The average Bonchev–Trinajstić information content (AvgIpc) is 3.07. The molecular formula is C16H33N3O4. The molecule has 0 aromatic heterocycles. The van der Waals surface area contributed by atoms with Gasteiger partial charge in [-0.1, -0.05) is 0 Å². The van der Waals surface area contributed by atoms with Crippen LogP contribution in [0.15, 0.2) is 4.99 Å². The second-order valence-electron chi connectivity index (χ2n) is 5.36. The number of nitrogens with one attached hydrogen (secondary N) is 2. The minimum absolute atomic E-state index is 0.301. The highest BCUT2D eigenvalue weighted by Crippen LogP contribution is 2.11. The van der Waals surface area contributed by atoms with E-state index in [1.807, 2.05) is 0 Å². The Balaban J connectivity index is 2.01. The van der Waals surface area contributed by atoms with Crippen molar-refractivity contribution in [3.8, 4) is 0 Å². The van der Waals surface area contributed by atoms with E-state index in [1.54, 1.807) is 7.11 Å². The highest BCUT2D eigenvalue weighted by molar-refractivity contribution is 5.79. The highest BCUT2D eigenvalue weighted by Gasteiger charge is 2.14. The largest absolute Gasteiger partial charge is 0.382 e. The zero-order chi connectivity index (χ0) is 16.6. The molecule has 0 radical (unpaired) electrons. The van der Waals surface area contributed by atoms with Crippen molar-refractivity contribution in [2.24, 2.45) is 4.99 Å². The summed E-state index contributed by atoms with van der Waals surface area (Å²) >= 11 is 0. The Morgan fingerprint density at radius 2 is 2.09 bits per heavy atom. The first-order valence-corrected chi connectivity index (χ1v) is 8.65. The molecule has 0 saturated carbocycles. The predicted molar refractivity (Wildman–Crippen MR) is 91.1 cm³/mol. The fourth-order valence-corrected chi connectivity index (χ4v) is 2.18. The summed E-state index contributed by atoms with van der Waals surface area (Å²) in [6.45, 7) is 8.56. The molecular weight excluding hydrogens is 298 g/mol. The van der Waals surface area contributed by atoms with Gasteiger partial charge in [-0.25, -0.2) is 0 Å². The fourth-order valence-electron chi connectivity index (χ4n) is 2.18. The van der Waals surface area contributed by atoms with Crippen LogP contribution in [0.2, 0.25) is 0 Å². The van der Waals surface area contributed by atoms with Crippen LogP contribution in [0.4, 0.5) is 0 Å². The first kappa shape index (κ1) is 20.2. The van der Waals surface area contributed by atoms with Gasteiger partial charge in [0.1, 0.15) is 0 Å². The van der Waals surface area contributed by atoms with E-state index in [0.29, 0.717) is 32.5 Å². The molecule has 1 unspecified atom stereocenters. The molecule has 7 heteroatoms. The fraction of sp³-hybridized carbons (Fsp3) is 0.938. The molecule has 2 N–H and O–H groups in total. The Hall–Kier alpha value is -0.890. The van der Waals surface area contributed by atoms with Crippen LogP contribution in [-0.2, 0) is 18.9 Å². The van der Waals surface area contributed by atoms with Crippen molar-refractivity contribution in [3.63, 3.8) is 0 Å². The SMILES string of the molecule is CCNC(=NCCCOCC1CCCO1)NCCOCCOC. The van der Waals surface area contributed by atoms with Crippen LogP contribution in [0.5, 0.6) is 0 Å². The van der Waals surface area contributed by atoms with Crippen molar-refractivity contribution >= 4 is 5.96 Å². The van der Waals surface area contributed by atoms with Crippen molar-refractivity contribution < 1.29 is 18.9 Å². The summed E-state index contributed by atoms with van der Waals surface area (Å²) in [6.07, 6.45) is 3.49. The number of aliphatic imine (C=N–C) groups is 1. The summed E-state index contributed by atoms with van der Waals surface area (Å²) in [7, 11) is 1.67. The normalized spacial score (nSPS) is 18.3. The number of hydrogen-bond donors (Lipinski definition) is 2. The van der Waals surface area contributed by atoms with Crippen LogP contribution in [0.3, 0.4) is 0 Å². The van der Waals surface area contributed by atoms with Crippen molar-refractivity contribution in [2.75, 3.05) is 66.4 Å². The van der Waals surface area contributed by atoms with Gasteiger partial charge in [0.25, 0.3) is 0 Å². The van der Waals surface area contributed by atoms with E-state index >= 15 is 0 Å². The molecule has 1 heterocycles. The first-order chi connectivity index (χ1) is 11.4. The third-order valence-corrected chi connectivity index (χ3v) is 3.36. The predicted octanol–water partition coefficient (Wildman–Crippen LogP) is 0.790. The number of nitrogens with zero attached hydrogens (tertiary/aromatic N) is 1. The van der Waals surface area contributed by atoms with E-state index in [1.165, 1.54) is 0 Å². The lowest BCUT2D eigenvalue weighted by molar-refractivity contribution is 0.0171. The second kappa shape index (κ2) is 14.7. The quantitative estimate of drug-likeness (QED) is 0.295. The van der Waals surface area contributed by atoms with Crippen molar-refractivity contribution in [1.29, 1.82) is 0 Å². The highest BCUT2D eigenvalue weighted by atomic mass is 16.5. The summed E-state index contributed by atoms with van der Waals surface area (Å²) in [5.74, 6) is 0.821. The Labute approximate surface area is 140 Å². The summed E-state index contributed by atoms with van der Waals surface area (Å²) < 4.78 is 21.5. The van der Waals surface area contributed by atoms with Crippen molar-refractivity contribution in [1.82, 2.24) is 10.6 Å². The second-order valence-corrected chi connectivity index (χ2v) is 5.36. The van der Waals surface area contributed by atoms with Gasteiger partial charge in [-0.15, -0.1) is 0 Å². The molecule has 1 aliphatic heterocycles. The van der Waals surface area contributed by atoms with Gasteiger partial charge in [-0.3, -0.25) is 4.99 Å². The van der Waals surface area contributed by atoms with E-state index in [9.17, 15) is 0 Å². The van der Waals surface area contributed by atoms with E-state index in [4.69, 9.17) is 18.9 Å². The van der Waals surface area contributed by atoms with Gasteiger partial charge in [-0.2, -0.15) is 0 Å². The van der Waals surface area contributed by atoms with Gasteiger partial charge in [0.05, 0.1) is 32.5 Å². The van der Waals surface area contributed by atoms with Crippen LogP contribution in [0.1, 0.15) is 26.2 Å². The summed E-state index contributed by atoms with van der Waals surface area (Å²) in [5.41, 5.74) is 0. The molecule has 1 aliphatic rings. The molecule has 0 spiro atoms. The van der Waals surface area contributed by atoms with Crippen LogP contribution >= 0.6 is 0 Å². The van der Waals surface area contributed by atoms with E-state index in [0.717, 1.165) is 58.1 Å². The Bertz CT molecular complexity index is 297. The van der Waals surface area contributed by atoms with Gasteiger partial charge in [0.2, 0.25) is 0 Å². The molecule has 1 fully saturated rings. The van der Waals surface area contributed by atoms with Gasteiger partial charge in [0, 0.05) is 40.0 Å². The molecule has 0 aromatic carbocycles. The number of rotatable bonds is 13. The lowest BCUT2D eigenvalue weighted by Crippen LogP contribution is -2.39. The van der Waals surface area contributed by atoms with Crippen LogP contribution in [-0.4, -0.2) is 78.4 Å². The topological polar surface area (TPSA) is 73.3 Å². The summed E-state index contributed by atoms with van der Waals surface area (Å²) in [6, 6.07) is 0. The van der Waals surface area contributed by atoms with Gasteiger partial charge in [-0.05, 0) is 26.2 Å². The minimum Gasteiger partial charge on any atom is -0.382 e. The van der Waals surface area contributed by atoms with E-state index in [2.05, 4.69) is 22.5 Å². The molecule has 136 valence electrons. The molecule has 7 nitrogen and oxygen atoms in total. The maximum absolute atomic E-state index is 5.63. The van der Waals surface area contributed by atoms with Crippen LogP contribution < -0.4 is 10.6 Å². The molecule has 1 atom stereocenters. The first-order valence-electron chi connectivity index (χ1n) is 8.65. The van der Waals surface area contributed by atoms with Gasteiger partial charge >= 0.3 is 0 Å². The van der Waals surface area contributed by atoms with Gasteiger partial charge in [0.15, 0.2) is 5.96 Å². The van der Waals surface area contributed by atoms with Crippen LogP contribution in [0.25, 0.3) is 0 Å². The number of methoxy groups -OCH3 is 1. The van der Waals surface area contributed by atoms with Crippen LogP contribution in [0, 0.1) is 0 Å². The van der Waals surface area contributed by atoms with E-state index < -0.39 is 0 Å². The maximum atomic E-state index is 5.63. The Kier molecular flexibility index (Phi) is 12.9. The zero-order valence-corrected chi connectivity index (χ0v) is 14.6. The minimum atomic E-state index is 0.301. The monoisotopic (exact) mass is 331 g/mol. The third-order valence-electron chi connectivity index (χ3n) is 3.36. The van der Waals surface area contributed by atoms with Gasteiger partial charge < -0.3 is 29.6 Å². The molecule has 0 bridgehead atoms. The molecule has 0 amide bonds. The number of hydrogen-bond acceptors (Lipinski definition) is 5. The lowest BCUT2D eigenvalue weighted by Gasteiger charge is -2.12. The maximum Gasteiger partial charge on any atom is 0.191 e. The Morgan fingerprint density at radius 1 is 1.17 bits per heavy atom.